The highest BCUT2D eigenvalue weighted by atomic mass is 79.9. The van der Waals surface area contributed by atoms with Gasteiger partial charge in [-0.1, -0.05) is 18.2 Å². The number of benzene rings is 2. The molecule has 108 valence electrons. The maximum atomic E-state index is 12.3. The van der Waals surface area contributed by atoms with E-state index in [0.717, 1.165) is 5.56 Å². The molecule has 0 fully saturated rings. The minimum Gasteiger partial charge on any atom is -0.465 e. The number of para-hydroxylation sites is 1. The van der Waals surface area contributed by atoms with Crippen molar-refractivity contribution in [3.05, 3.63) is 63.6 Å². The number of halogens is 1. The van der Waals surface area contributed by atoms with E-state index < -0.39 is 5.97 Å². The Kier molecular flexibility index (Phi) is 4.75. The van der Waals surface area contributed by atoms with Crippen LogP contribution in [0.1, 0.15) is 26.3 Å². The van der Waals surface area contributed by atoms with Gasteiger partial charge in [-0.15, -0.1) is 0 Å². The number of methoxy groups -OCH3 is 1. The van der Waals surface area contributed by atoms with Gasteiger partial charge in [0.25, 0.3) is 5.91 Å². The Morgan fingerprint density at radius 3 is 2.48 bits per heavy atom. The number of anilines is 1. The zero-order valence-electron chi connectivity index (χ0n) is 11.6. The summed E-state index contributed by atoms with van der Waals surface area (Å²) in [5.41, 5.74) is 2.28. The van der Waals surface area contributed by atoms with Crippen LogP contribution in [0.2, 0.25) is 0 Å². The highest BCUT2D eigenvalue weighted by Gasteiger charge is 2.15. The summed E-state index contributed by atoms with van der Waals surface area (Å²) in [6.07, 6.45) is 0. The van der Waals surface area contributed by atoms with Crippen LogP contribution in [0.4, 0.5) is 5.69 Å². The molecule has 0 atom stereocenters. The second-order valence-electron chi connectivity index (χ2n) is 4.47. The van der Waals surface area contributed by atoms with Crippen molar-refractivity contribution in [1.82, 2.24) is 0 Å². The smallest absolute Gasteiger partial charge is 0.339 e. The van der Waals surface area contributed by atoms with Gasteiger partial charge in [-0.3, -0.25) is 4.79 Å². The van der Waals surface area contributed by atoms with Crippen molar-refractivity contribution in [3.63, 3.8) is 0 Å². The standard InChI is InChI=1S/C16H14BrNO3/c1-10-7-8-11(13(17)9-10)15(19)18-14-6-4-3-5-12(14)16(20)21-2/h3-9H,1-2H3,(H,18,19). The molecular weight excluding hydrogens is 334 g/mol. The van der Waals surface area contributed by atoms with Crippen molar-refractivity contribution < 1.29 is 14.3 Å². The van der Waals surface area contributed by atoms with E-state index in [9.17, 15) is 9.59 Å². The van der Waals surface area contributed by atoms with Crippen molar-refractivity contribution in [2.24, 2.45) is 0 Å². The molecule has 1 N–H and O–H groups in total. The monoisotopic (exact) mass is 347 g/mol. The van der Waals surface area contributed by atoms with Crippen molar-refractivity contribution >= 4 is 33.5 Å². The molecule has 0 bridgehead atoms. The van der Waals surface area contributed by atoms with Gasteiger partial charge in [0.15, 0.2) is 0 Å². The van der Waals surface area contributed by atoms with E-state index in [1.165, 1.54) is 7.11 Å². The third kappa shape index (κ3) is 3.49. The molecule has 0 saturated heterocycles. The molecule has 4 nitrogen and oxygen atoms in total. The summed E-state index contributed by atoms with van der Waals surface area (Å²) in [5, 5.41) is 2.73. The van der Waals surface area contributed by atoms with Gasteiger partial charge in [0.05, 0.1) is 23.9 Å². The Labute approximate surface area is 131 Å². The third-order valence-corrected chi connectivity index (χ3v) is 3.61. The van der Waals surface area contributed by atoms with Gasteiger partial charge in [0.2, 0.25) is 0 Å². The lowest BCUT2D eigenvalue weighted by Crippen LogP contribution is -2.15. The quantitative estimate of drug-likeness (QED) is 0.859. The predicted molar refractivity (Wildman–Crippen MR) is 84.6 cm³/mol. The molecule has 0 aromatic heterocycles. The van der Waals surface area contributed by atoms with E-state index in [1.54, 1.807) is 30.3 Å². The summed E-state index contributed by atoms with van der Waals surface area (Å²) in [6, 6.07) is 12.2. The maximum absolute atomic E-state index is 12.3. The Morgan fingerprint density at radius 2 is 1.81 bits per heavy atom. The van der Waals surface area contributed by atoms with Gasteiger partial charge in [-0.2, -0.15) is 0 Å². The molecule has 0 heterocycles. The molecule has 0 spiro atoms. The molecule has 0 saturated carbocycles. The molecule has 0 aliphatic rings. The van der Waals surface area contributed by atoms with Crippen LogP contribution >= 0.6 is 15.9 Å². The van der Waals surface area contributed by atoms with Gasteiger partial charge < -0.3 is 10.1 Å². The molecule has 21 heavy (non-hydrogen) atoms. The number of aryl methyl sites for hydroxylation is 1. The molecule has 0 aliphatic carbocycles. The fourth-order valence-electron chi connectivity index (χ4n) is 1.87. The molecular formula is C16H14BrNO3. The van der Waals surface area contributed by atoms with Crippen LogP contribution in [0.5, 0.6) is 0 Å². The highest BCUT2D eigenvalue weighted by Crippen LogP contribution is 2.21. The lowest BCUT2D eigenvalue weighted by atomic mass is 10.1. The van der Waals surface area contributed by atoms with E-state index in [-0.39, 0.29) is 5.91 Å². The van der Waals surface area contributed by atoms with Crippen molar-refractivity contribution in [2.45, 2.75) is 6.92 Å². The molecule has 1 amide bonds. The first-order valence-corrected chi connectivity index (χ1v) is 7.07. The topological polar surface area (TPSA) is 55.4 Å². The predicted octanol–water partition coefficient (Wildman–Crippen LogP) is 3.80. The van der Waals surface area contributed by atoms with Crippen molar-refractivity contribution in [2.75, 3.05) is 12.4 Å². The molecule has 0 radical (unpaired) electrons. The number of carbonyl (C=O) groups excluding carboxylic acids is 2. The fourth-order valence-corrected chi connectivity index (χ4v) is 2.55. The minimum atomic E-state index is -0.492. The lowest BCUT2D eigenvalue weighted by molar-refractivity contribution is 0.0602. The minimum absolute atomic E-state index is 0.293. The molecule has 2 aromatic rings. The van der Waals surface area contributed by atoms with Crippen LogP contribution in [0.3, 0.4) is 0 Å². The summed E-state index contributed by atoms with van der Waals surface area (Å²) >= 11 is 3.37. The Morgan fingerprint density at radius 1 is 1.10 bits per heavy atom. The Hall–Kier alpha value is -2.14. The Balaban J connectivity index is 2.30. The SMILES string of the molecule is COC(=O)c1ccccc1NC(=O)c1ccc(C)cc1Br. The molecule has 0 unspecified atom stereocenters. The normalized spacial score (nSPS) is 10.0. The third-order valence-electron chi connectivity index (χ3n) is 2.95. The molecule has 0 aliphatic heterocycles. The number of carbonyl (C=O) groups is 2. The van der Waals surface area contributed by atoms with E-state index in [0.29, 0.717) is 21.3 Å². The van der Waals surface area contributed by atoms with Gasteiger partial charge in [-0.25, -0.2) is 4.79 Å². The fraction of sp³-hybridized carbons (Fsp3) is 0.125. The number of hydrogen-bond donors (Lipinski definition) is 1. The summed E-state index contributed by atoms with van der Waals surface area (Å²) in [6.45, 7) is 1.94. The van der Waals surface area contributed by atoms with Crippen LogP contribution in [0.15, 0.2) is 46.9 Å². The summed E-state index contributed by atoms with van der Waals surface area (Å²) in [7, 11) is 1.30. The zero-order valence-corrected chi connectivity index (χ0v) is 13.2. The van der Waals surface area contributed by atoms with Crippen LogP contribution in [0.25, 0.3) is 0 Å². The van der Waals surface area contributed by atoms with Gasteiger partial charge >= 0.3 is 5.97 Å². The number of rotatable bonds is 3. The van der Waals surface area contributed by atoms with Gasteiger partial charge in [0, 0.05) is 4.47 Å². The van der Waals surface area contributed by atoms with Crippen LogP contribution in [-0.4, -0.2) is 19.0 Å². The number of ether oxygens (including phenoxy) is 1. The number of amides is 1. The van der Waals surface area contributed by atoms with E-state index >= 15 is 0 Å². The second-order valence-corrected chi connectivity index (χ2v) is 5.33. The van der Waals surface area contributed by atoms with E-state index in [4.69, 9.17) is 4.74 Å². The van der Waals surface area contributed by atoms with Gasteiger partial charge in [-0.05, 0) is 52.7 Å². The second kappa shape index (κ2) is 6.54. The molecule has 5 heteroatoms. The van der Waals surface area contributed by atoms with E-state index in [1.807, 2.05) is 19.1 Å². The lowest BCUT2D eigenvalue weighted by Gasteiger charge is -2.10. The van der Waals surface area contributed by atoms with Crippen molar-refractivity contribution in [1.29, 1.82) is 0 Å². The average Bonchev–Trinajstić information content (AvgIpc) is 2.46. The molecule has 2 rings (SSSR count). The van der Waals surface area contributed by atoms with Crippen LogP contribution in [0, 0.1) is 6.92 Å². The summed E-state index contributed by atoms with van der Waals surface area (Å²) in [5.74, 6) is -0.785. The average molecular weight is 348 g/mol. The number of hydrogen-bond acceptors (Lipinski definition) is 3. The molecule has 2 aromatic carbocycles. The van der Waals surface area contributed by atoms with Crippen LogP contribution in [-0.2, 0) is 4.74 Å². The number of nitrogens with one attached hydrogen (secondary N) is 1. The van der Waals surface area contributed by atoms with Crippen LogP contribution < -0.4 is 5.32 Å². The Bertz CT molecular complexity index is 698. The maximum Gasteiger partial charge on any atom is 0.339 e. The first-order chi connectivity index (χ1) is 10.0. The summed E-state index contributed by atoms with van der Waals surface area (Å²) < 4.78 is 5.41. The number of esters is 1. The van der Waals surface area contributed by atoms with Gasteiger partial charge in [0.1, 0.15) is 0 Å². The first-order valence-electron chi connectivity index (χ1n) is 6.27. The van der Waals surface area contributed by atoms with E-state index in [2.05, 4.69) is 21.2 Å². The zero-order chi connectivity index (χ0) is 15.4. The van der Waals surface area contributed by atoms with Crippen molar-refractivity contribution in [3.8, 4) is 0 Å². The summed E-state index contributed by atoms with van der Waals surface area (Å²) in [4.78, 5) is 24.0. The largest absolute Gasteiger partial charge is 0.465 e. The highest BCUT2D eigenvalue weighted by molar-refractivity contribution is 9.10. The first kappa shape index (κ1) is 15.3.